The highest BCUT2D eigenvalue weighted by Crippen LogP contribution is 2.17. The molecular formula is C15H14NO4S-. The zero-order valence-corrected chi connectivity index (χ0v) is 12.2. The maximum atomic E-state index is 11.2. The Morgan fingerprint density at radius 1 is 1.24 bits per heavy atom. The minimum absolute atomic E-state index is 0.203. The molecule has 1 amide bonds. The number of amides is 1. The van der Waals surface area contributed by atoms with Crippen LogP contribution in [0.5, 0.6) is 5.75 Å². The van der Waals surface area contributed by atoms with E-state index < -0.39 is 17.0 Å². The van der Waals surface area contributed by atoms with Crippen molar-refractivity contribution in [2.45, 2.75) is 18.4 Å². The second kappa shape index (κ2) is 6.51. The first-order valence-electron chi connectivity index (χ1n) is 6.18. The number of nitrogens with two attached hydrogens (primary N) is 1. The smallest absolute Gasteiger partial charge is 0.248 e. The molecule has 0 aromatic heterocycles. The summed E-state index contributed by atoms with van der Waals surface area (Å²) in [6.45, 7) is 2.13. The molecule has 0 saturated heterocycles. The van der Waals surface area contributed by atoms with E-state index >= 15 is 0 Å². The summed E-state index contributed by atoms with van der Waals surface area (Å²) in [6, 6.07) is 11.4. The van der Waals surface area contributed by atoms with E-state index in [9.17, 15) is 13.6 Å². The van der Waals surface area contributed by atoms with Gasteiger partial charge in [-0.25, -0.2) is 0 Å². The van der Waals surface area contributed by atoms with E-state index in [1.165, 1.54) is 12.1 Å². The van der Waals surface area contributed by atoms with Crippen LogP contribution in [0, 0.1) is 6.92 Å². The van der Waals surface area contributed by atoms with Crippen LogP contribution < -0.4 is 10.5 Å². The first-order chi connectivity index (χ1) is 9.95. The van der Waals surface area contributed by atoms with E-state index in [1.54, 1.807) is 24.3 Å². The lowest BCUT2D eigenvalue weighted by Crippen LogP contribution is -2.12. The summed E-state index contributed by atoms with van der Waals surface area (Å²) in [6.07, 6.45) is 0. The number of hydrogen-bond acceptors (Lipinski definition) is 4. The van der Waals surface area contributed by atoms with Gasteiger partial charge in [-0.15, -0.1) is 0 Å². The first kappa shape index (κ1) is 15.2. The zero-order chi connectivity index (χ0) is 15.4. The second-order valence-corrected chi connectivity index (χ2v) is 5.51. The van der Waals surface area contributed by atoms with Gasteiger partial charge in [0.15, 0.2) is 0 Å². The first-order valence-corrected chi connectivity index (χ1v) is 7.25. The van der Waals surface area contributed by atoms with Crippen LogP contribution in [0.4, 0.5) is 0 Å². The highest BCUT2D eigenvalue weighted by Gasteiger charge is 2.04. The number of rotatable bonds is 5. The fraction of sp³-hybridized carbons (Fsp3) is 0.133. The summed E-state index contributed by atoms with van der Waals surface area (Å²) >= 11 is -2.25. The number of primary amides is 1. The second-order valence-electron chi connectivity index (χ2n) is 4.57. The minimum atomic E-state index is -2.25. The van der Waals surface area contributed by atoms with Gasteiger partial charge in [-0.05, 0) is 65.5 Å². The molecule has 1 unspecified atom stereocenters. The van der Waals surface area contributed by atoms with Gasteiger partial charge in [-0.2, -0.15) is 0 Å². The lowest BCUT2D eigenvalue weighted by molar-refractivity contribution is 0.1000. The van der Waals surface area contributed by atoms with Crippen molar-refractivity contribution in [2.24, 2.45) is 5.73 Å². The molecule has 2 rings (SSSR count). The van der Waals surface area contributed by atoms with Crippen LogP contribution in [0.15, 0.2) is 47.4 Å². The monoisotopic (exact) mass is 304 g/mol. The Kier molecular flexibility index (Phi) is 4.72. The van der Waals surface area contributed by atoms with E-state index in [0.29, 0.717) is 11.3 Å². The normalized spacial score (nSPS) is 11.9. The molecule has 6 heteroatoms. The average molecular weight is 304 g/mol. The Bertz CT molecular complexity index is 683. The van der Waals surface area contributed by atoms with Gasteiger partial charge in [0.05, 0.1) is 0 Å². The van der Waals surface area contributed by atoms with E-state index in [0.717, 1.165) is 11.1 Å². The van der Waals surface area contributed by atoms with Crippen LogP contribution in [0.2, 0.25) is 0 Å². The van der Waals surface area contributed by atoms with Gasteiger partial charge in [0.25, 0.3) is 0 Å². The van der Waals surface area contributed by atoms with Gasteiger partial charge in [-0.3, -0.25) is 9.00 Å². The third-order valence-corrected chi connectivity index (χ3v) is 3.50. The third kappa shape index (κ3) is 4.14. The molecule has 2 aromatic carbocycles. The van der Waals surface area contributed by atoms with Crippen molar-refractivity contribution in [1.82, 2.24) is 0 Å². The number of aryl methyl sites for hydroxylation is 1. The Morgan fingerprint density at radius 2 is 1.90 bits per heavy atom. The van der Waals surface area contributed by atoms with Crippen molar-refractivity contribution in [3.63, 3.8) is 0 Å². The summed E-state index contributed by atoms with van der Waals surface area (Å²) in [5.41, 5.74) is 7.44. The molecule has 0 aliphatic carbocycles. The van der Waals surface area contributed by atoms with Gasteiger partial charge < -0.3 is 15.0 Å². The lowest BCUT2D eigenvalue weighted by Gasteiger charge is -2.10. The molecular weight excluding hydrogens is 290 g/mol. The molecule has 0 aliphatic rings. The van der Waals surface area contributed by atoms with Crippen LogP contribution >= 0.6 is 0 Å². The molecule has 1 atom stereocenters. The van der Waals surface area contributed by atoms with Crippen LogP contribution in [0.3, 0.4) is 0 Å². The van der Waals surface area contributed by atoms with Gasteiger partial charge in [-0.1, -0.05) is 6.07 Å². The number of hydrogen-bond donors (Lipinski definition) is 1. The number of benzene rings is 2. The fourth-order valence-corrected chi connectivity index (χ4v) is 2.26. The van der Waals surface area contributed by atoms with Crippen LogP contribution in [0.1, 0.15) is 21.5 Å². The highest BCUT2D eigenvalue weighted by atomic mass is 32.2. The van der Waals surface area contributed by atoms with Crippen LogP contribution in [-0.2, 0) is 17.7 Å². The standard InChI is InChI=1S/C15H15NO4S/c1-10-6-11(8-12(7-10)15(16)17)9-20-13-2-4-14(5-3-13)21(18)19/h2-8H,9H2,1H3,(H2,16,17)(H,18,19)/p-1. The Balaban J connectivity index is 2.09. The zero-order valence-electron chi connectivity index (χ0n) is 11.4. The highest BCUT2D eigenvalue weighted by molar-refractivity contribution is 7.79. The van der Waals surface area contributed by atoms with Gasteiger partial charge >= 0.3 is 0 Å². The topological polar surface area (TPSA) is 92.4 Å². The molecule has 0 spiro atoms. The van der Waals surface area contributed by atoms with Crippen molar-refractivity contribution in [3.8, 4) is 5.75 Å². The van der Waals surface area contributed by atoms with E-state index in [-0.39, 0.29) is 11.5 Å². The molecule has 0 bridgehead atoms. The predicted octanol–water partition coefficient (Wildman–Crippen LogP) is 1.91. The van der Waals surface area contributed by atoms with Crippen LogP contribution in [0.25, 0.3) is 0 Å². The van der Waals surface area contributed by atoms with E-state index in [4.69, 9.17) is 10.5 Å². The molecule has 5 nitrogen and oxygen atoms in total. The molecule has 2 N–H and O–H groups in total. The van der Waals surface area contributed by atoms with Crippen molar-refractivity contribution in [1.29, 1.82) is 0 Å². The van der Waals surface area contributed by atoms with Gasteiger partial charge in [0, 0.05) is 10.5 Å². The predicted molar refractivity (Wildman–Crippen MR) is 77.7 cm³/mol. The Labute approximate surface area is 125 Å². The molecule has 0 aliphatic heterocycles. The lowest BCUT2D eigenvalue weighted by atomic mass is 10.1. The maximum Gasteiger partial charge on any atom is 0.248 e. The molecule has 21 heavy (non-hydrogen) atoms. The van der Waals surface area contributed by atoms with E-state index in [1.807, 2.05) is 13.0 Å². The van der Waals surface area contributed by atoms with Crippen molar-refractivity contribution < 1.29 is 18.3 Å². The van der Waals surface area contributed by atoms with Crippen LogP contribution in [-0.4, -0.2) is 14.7 Å². The molecule has 2 aromatic rings. The SMILES string of the molecule is Cc1cc(COc2ccc(S(=O)[O-])cc2)cc(C(N)=O)c1. The number of carbonyl (C=O) groups excluding carboxylic acids is 1. The molecule has 0 heterocycles. The van der Waals surface area contributed by atoms with Crippen molar-refractivity contribution >= 4 is 17.0 Å². The van der Waals surface area contributed by atoms with Crippen molar-refractivity contribution in [3.05, 3.63) is 59.2 Å². The summed E-state index contributed by atoms with van der Waals surface area (Å²) in [4.78, 5) is 11.4. The minimum Gasteiger partial charge on any atom is -0.768 e. The Morgan fingerprint density at radius 3 is 2.48 bits per heavy atom. The molecule has 0 radical (unpaired) electrons. The number of carbonyl (C=O) groups is 1. The fourth-order valence-electron chi connectivity index (χ4n) is 1.90. The van der Waals surface area contributed by atoms with E-state index in [2.05, 4.69) is 0 Å². The number of ether oxygens (including phenoxy) is 1. The van der Waals surface area contributed by atoms with Gasteiger partial charge in [0.2, 0.25) is 5.91 Å². The molecule has 110 valence electrons. The molecule has 0 fully saturated rings. The largest absolute Gasteiger partial charge is 0.768 e. The summed E-state index contributed by atoms with van der Waals surface area (Å²) in [5.74, 6) is 0.0635. The quantitative estimate of drug-likeness (QED) is 0.854. The summed E-state index contributed by atoms with van der Waals surface area (Å²) in [7, 11) is 0. The Hall–Kier alpha value is -2.18. The van der Waals surface area contributed by atoms with Crippen molar-refractivity contribution in [2.75, 3.05) is 0 Å². The summed E-state index contributed by atoms with van der Waals surface area (Å²) < 4.78 is 27.1. The summed E-state index contributed by atoms with van der Waals surface area (Å²) in [5, 5.41) is 0. The van der Waals surface area contributed by atoms with Gasteiger partial charge in [0.1, 0.15) is 12.4 Å². The maximum absolute atomic E-state index is 11.2. The average Bonchev–Trinajstić information content (AvgIpc) is 2.45. The third-order valence-electron chi connectivity index (χ3n) is 2.84. The molecule has 0 saturated carbocycles.